The van der Waals surface area contributed by atoms with Crippen molar-refractivity contribution in [2.45, 2.75) is 32.1 Å². The zero-order valence-corrected chi connectivity index (χ0v) is 16.2. The Morgan fingerprint density at radius 2 is 1.59 bits per heavy atom. The van der Waals surface area contributed by atoms with E-state index in [-0.39, 0.29) is 23.7 Å². The lowest BCUT2D eigenvalue weighted by molar-refractivity contribution is -0.143. The summed E-state index contributed by atoms with van der Waals surface area (Å²) in [5, 5.41) is 12.0. The van der Waals surface area contributed by atoms with Gasteiger partial charge in [-0.3, -0.25) is 14.4 Å². The predicted molar refractivity (Wildman–Crippen MR) is 106 cm³/mol. The lowest BCUT2D eigenvalue weighted by Crippen LogP contribution is -2.38. The van der Waals surface area contributed by atoms with Gasteiger partial charge in [0.25, 0.3) is 0 Å². The highest BCUT2D eigenvalue weighted by Crippen LogP contribution is 2.29. The third-order valence-corrected chi connectivity index (χ3v) is 6.33. The Balaban J connectivity index is 1.48. The molecule has 0 aromatic heterocycles. The zero-order valence-electron chi connectivity index (χ0n) is 15.4. The molecule has 146 valence electrons. The number of amides is 2. The number of benzene rings is 1. The first kappa shape index (κ1) is 19.7. The molecule has 1 aliphatic carbocycles. The van der Waals surface area contributed by atoms with Crippen molar-refractivity contribution in [2.75, 3.05) is 29.9 Å². The van der Waals surface area contributed by atoms with Gasteiger partial charge in [-0.1, -0.05) is 12.1 Å². The van der Waals surface area contributed by atoms with Crippen molar-refractivity contribution < 1.29 is 19.5 Å². The Labute approximate surface area is 163 Å². The van der Waals surface area contributed by atoms with Crippen LogP contribution in [0.25, 0.3) is 0 Å². The quantitative estimate of drug-likeness (QED) is 0.807. The summed E-state index contributed by atoms with van der Waals surface area (Å²) in [7, 11) is 0. The number of thioether (sulfide) groups is 1. The van der Waals surface area contributed by atoms with E-state index >= 15 is 0 Å². The first-order valence-electron chi connectivity index (χ1n) is 9.51. The van der Waals surface area contributed by atoms with Crippen molar-refractivity contribution >= 4 is 35.2 Å². The maximum Gasteiger partial charge on any atom is 0.306 e. The Bertz CT molecular complexity index is 678. The first-order valence-corrected chi connectivity index (χ1v) is 10.7. The molecule has 0 atom stereocenters. The van der Waals surface area contributed by atoms with Crippen molar-refractivity contribution in [3.63, 3.8) is 0 Å². The summed E-state index contributed by atoms with van der Waals surface area (Å²) in [4.78, 5) is 37.6. The van der Waals surface area contributed by atoms with Gasteiger partial charge >= 0.3 is 5.97 Å². The van der Waals surface area contributed by atoms with E-state index in [1.54, 1.807) is 0 Å². The van der Waals surface area contributed by atoms with Crippen LogP contribution in [0, 0.1) is 11.8 Å². The van der Waals surface area contributed by atoms with E-state index in [0.29, 0.717) is 37.8 Å². The summed E-state index contributed by atoms with van der Waals surface area (Å²) in [6.45, 7) is 1.64. The van der Waals surface area contributed by atoms with Crippen molar-refractivity contribution in [3.05, 3.63) is 29.8 Å². The second-order valence-electron chi connectivity index (χ2n) is 7.24. The van der Waals surface area contributed by atoms with Crippen LogP contribution in [0.3, 0.4) is 0 Å². The number of aliphatic carboxylic acids is 1. The van der Waals surface area contributed by atoms with Gasteiger partial charge in [-0.05, 0) is 43.4 Å². The Morgan fingerprint density at radius 3 is 2.19 bits per heavy atom. The molecule has 1 aromatic carbocycles. The van der Waals surface area contributed by atoms with E-state index in [1.807, 2.05) is 40.9 Å². The highest BCUT2D eigenvalue weighted by Gasteiger charge is 2.29. The lowest BCUT2D eigenvalue weighted by Gasteiger charge is -2.26. The van der Waals surface area contributed by atoms with E-state index in [1.165, 1.54) is 0 Å². The van der Waals surface area contributed by atoms with Gasteiger partial charge < -0.3 is 15.3 Å². The normalized spacial score (nSPS) is 22.9. The number of carbonyl (C=O) groups is 3. The maximum atomic E-state index is 12.4. The van der Waals surface area contributed by atoms with E-state index in [2.05, 4.69) is 5.32 Å². The Hall–Kier alpha value is -2.02. The van der Waals surface area contributed by atoms with Gasteiger partial charge in [-0.15, -0.1) is 0 Å². The minimum Gasteiger partial charge on any atom is -0.481 e. The lowest BCUT2D eigenvalue weighted by atomic mass is 9.81. The number of anilines is 1. The van der Waals surface area contributed by atoms with Gasteiger partial charge in [0.15, 0.2) is 0 Å². The highest BCUT2D eigenvalue weighted by atomic mass is 32.2. The van der Waals surface area contributed by atoms with Gasteiger partial charge in [0.2, 0.25) is 11.8 Å². The molecule has 1 aromatic rings. The summed E-state index contributed by atoms with van der Waals surface area (Å²) in [5.74, 6) is 0.914. The molecule has 2 amide bonds. The number of nitrogens with one attached hydrogen (secondary N) is 1. The van der Waals surface area contributed by atoms with Gasteiger partial charge in [0.05, 0.1) is 12.3 Å². The first-order chi connectivity index (χ1) is 13.0. The van der Waals surface area contributed by atoms with Crippen LogP contribution in [0.15, 0.2) is 24.3 Å². The summed E-state index contributed by atoms with van der Waals surface area (Å²) < 4.78 is 0. The monoisotopic (exact) mass is 390 g/mol. The molecule has 27 heavy (non-hydrogen) atoms. The molecular weight excluding hydrogens is 364 g/mol. The van der Waals surface area contributed by atoms with Crippen LogP contribution in [0.2, 0.25) is 0 Å². The molecule has 2 N–H and O–H groups in total. The van der Waals surface area contributed by atoms with Crippen LogP contribution in [-0.4, -0.2) is 52.4 Å². The fourth-order valence-electron chi connectivity index (χ4n) is 3.65. The zero-order chi connectivity index (χ0) is 19.2. The van der Waals surface area contributed by atoms with Gasteiger partial charge in [-0.2, -0.15) is 11.8 Å². The number of hydrogen-bond donors (Lipinski definition) is 2. The second kappa shape index (κ2) is 9.26. The average molecular weight is 391 g/mol. The van der Waals surface area contributed by atoms with Crippen LogP contribution in [0.5, 0.6) is 0 Å². The largest absolute Gasteiger partial charge is 0.481 e. The number of carboxylic acids is 1. The molecule has 1 aliphatic heterocycles. The molecule has 1 saturated carbocycles. The van der Waals surface area contributed by atoms with Crippen LogP contribution in [0.1, 0.15) is 31.2 Å². The van der Waals surface area contributed by atoms with E-state index in [9.17, 15) is 14.4 Å². The standard InChI is InChI=1S/C20H26N2O4S/c23-18(22-9-11-27-12-10-22)13-14-1-7-17(8-2-14)21-19(24)15-3-5-16(6-4-15)20(25)26/h1-2,7-8,15-16H,3-6,9-13H2,(H,21,24)(H,25,26). The molecule has 7 heteroatoms. The van der Waals surface area contributed by atoms with Crippen LogP contribution < -0.4 is 5.32 Å². The van der Waals surface area contributed by atoms with Crippen molar-refractivity contribution in [2.24, 2.45) is 11.8 Å². The Kier molecular flexibility index (Phi) is 6.77. The molecule has 0 unspecified atom stereocenters. The third-order valence-electron chi connectivity index (χ3n) is 5.39. The Morgan fingerprint density at radius 1 is 1.00 bits per heavy atom. The molecule has 1 saturated heterocycles. The molecular formula is C20H26N2O4S. The van der Waals surface area contributed by atoms with E-state index in [4.69, 9.17) is 5.11 Å². The van der Waals surface area contributed by atoms with E-state index in [0.717, 1.165) is 30.2 Å². The van der Waals surface area contributed by atoms with Crippen molar-refractivity contribution in [1.82, 2.24) is 4.90 Å². The number of carbonyl (C=O) groups excluding carboxylic acids is 2. The van der Waals surface area contributed by atoms with Crippen LogP contribution >= 0.6 is 11.8 Å². The fourth-order valence-corrected chi connectivity index (χ4v) is 4.56. The number of rotatable bonds is 5. The summed E-state index contributed by atoms with van der Waals surface area (Å²) in [6, 6.07) is 7.42. The third kappa shape index (κ3) is 5.48. The average Bonchev–Trinajstić information content (AvgIpc) is 2.70. The number of hydrogen-bond acceptors (Lipinski definition) is 4. The number of carboxylic acid groups (broad SMARTS) is 1. The van der Waals surface area contributed by atoms with Crippen LogP contribution in [-0.2, 0) is 20.8 Å². The topological polar surface area (TPSA) is 86.7 Å². The molecule has 2 aliphatic rings. The minimum absolute atomic E-state index is 0.0477. The second-order valence-corrected chi connectivity index (χ2v) is 8.47. The van der Waals surface area contributed by atoms with E-state index < -0.39 is 5.97 Å². The minimum atomic E-state index is -0.762. The predicted octanol–water partition coefficient (Wildman–Crippen LogP) is 2.63. The molecule has 2 fully saturated rings. The maximum absolute atomic E-state index is 12.4. The van der Waals surface area contributed by atoms with Crippen molar-refractivity contribution in [3.8, 4) is 0 Å². The highest BCUT2D eigenvalue weighted by molar-refractivity contribution is 7.99. The van der Waals surface area contributed by atoms with Gasteiger partial charge in [0, 0.05) is 36.2 Å². The SMILES string of the molecule is O=C(O)C1CCC(C(=O)Nc2ccc(CC(=O)N3CCSCC3)cc2)CC1. The molecule has 6 nitrogen and oxygen atoms in total. The van der Waals surface area contributed by atoms with Gasteiger partial charge in [-0.25, -0.2) is 0 Å². The molecule has 1 heterocycles. The van der Waals surface area contributed by atoms with Crippen molar-refractivity contribution in [1.29, 1.82) is 0 Å². The molecule has 3 rings (SSSR count). The molecule has 0 spiro atoms. The summed E-state index contributed by atoms with van der Waals surface area (Å²) in [6.07, 6.45) is 2.73. The van der Waals surface area contributed by atoms with Crippen LogP contribution in [0.4, 0.5) is 5.69 Å². The summed E-state index contributed by atoms with van der Waals surface area (Å²) in [5.41, 5.74) is 1.66. The molecule has 0 radical (unpaired) electrons. The summed E-state index contributed by atoms with van der Waals surface area (Å²) >= 11 is 1.88. The molecule has 0 bridgehead atoms. The van der Waals surface area contributed by atoms with Gasteiger partial charge in [0.1, 0.15) is 0 Å². The number of nitrogens with zero attached hydrogens (tertiary/aromatic N) is 1. The smallest absolute Gasteiger partial charge is 0.306 e. The fraction of sp³-hybridized carbons (Fsp3) is 0.550.